The van der Waals surface area contributed by atoms with Crippen LogP contribution in [-0.2, 0) is 11.3 Å². The van der Waals surface area contributed by atoms with Gasteiger partial charge in [-0.3, -0.25) is 9.48 Å². The average Bonchev–Trinajstić information content (AvgIpc) is 2.66. The summed E-state index contributed by atoms with van der Waals surface area (Å²) in [6, 6.07) is -0.319. The Morgan fingerprint density at radius 3 is 3.00 bits per heavy atom. The molecule has 1 aromatic rings. The number of rotatable bonds is 6. The van der Waals surface area contributed by atoms with E-state index < -0.39 is 0 Å². The van der Waals surface area contributed by atoms with Crippen molar-refractivity contribution in [3.8, 4) is 5.75 Å². The topological polar surface area (TPSA) is 82.2 Å². The second kappa shape index (κ2) is 5.35. The fourth-order valence-electron chi connectivity index (χ4n) is 1.26. The molecule has 0 aromatic carbocycles. The van der Waals surface area contributed by atoms with Crippen molar-refractivity contribution in [2.75, 3.05) is 14.2 Å². The first-order valence-corrected chi connectivity index (χ1v) is 4.70. The van der Waals surface area contributed by atoms with E-state index in [0.717, 1.165) is 0 Å². The van der Waals surface area contributed by atoms with Gasteiger partial charge in [0.25, 0.3) is 0 Å². The molecule has 0 aliphatic rings. The second-order valence-corrected chi connectivity index (χ2v) is 3.18. The minimum Gasteiger partial charge on any atom is -0.493 e. The lowest BCUT2D eigenvalue weighted by Gasteiger charge is -2.11. The zero-order valence-corrected chi connectivity index (χ0v) is 8.93. The molecule has 6 nitrogen and oxygen atoms in total. The summed E-state index contributed by atoms with van der Waals surface area (Å²) in [6.45, 7) is 0.623. The summed E-state index contributed by atoms with van der Waals surface area (Å²) in [7, 11) is 3.29. The van der Waals surface area contributed by atoms with Crippen molar-refractivity contribution in [3.63, 3.8) is 0 Å². The first kappa shape index (κ1) is 11.5. The normalized spacial score (nSPS) is 12.4. The second-order valence-electron chi connectivity index (χ2n) is 3.18. The maximum Gasteiger partial charge on any atom is 0.234 e. The van der Waals surface area contributed by atoms with Crippen molar-refractivity contribution in [2.45, 2.75) is 19.0 Å². The zero-order valence-electron chi connectivity index (χ0n) is 8.93. The van der Waals surface area contributed by atoms with Crippen LogP contribution in [0.15, 0.2) is 12.4 Å². The molecule has 0 bridgehead atoms. The maximum absolute atomic E-state index is 10.9. The number of aryl methyl sites for hydroxylation is 1. The van der Waals surface area contributed by atoms with Crippen LogP contribution in [0.2, 0.25) is 0 Å². The highest BCUT2D eigenvalue weighted by Gasteiger charge is 2.12. The van der Waals surface area contributed by atoms with Gasteiger partial charge < -0.3 is 15.8 Å². The van der Waals surface area contributed by atoms with Gasteiger partial charge in [0.15, 0.2) is 5.75 Å². The van der Waals surface area contributed by atoms with Crippen molar-refractivity contribution in [1.82, 2.24) is 15.1 Å². The fraction of sp³-hybridized carbons (Fsp3) is 0.556. The van der Waals surface area contributed by atoms with Crippen molar-refractivity contribution in [1.29, 1.82) is 0 Å². The van der Waals surface area contributed by atoms with E-state index in [1.807, 2.05) is 0 Å². The zero-order chi connectivity index (χ0) is 11.3. The van der Waals surface area contributed by atoms with E-state index in [9.17, 15) is 4.79 Å². The molecule has 84 valence electrons. The third-order valence-corrected chi connectivity index (χ3v) is 2.18. The number of amides is 1. The van der Waals surface area contributed by atoms with E-state index in [0.29, 0.717) is 18.7 Å². The van der Waals surface area contributed by atoms with Crippen LogP contribution in [0, 0.1) is 0 Å². The van der Waals surface area contributed by atoms with Crippen LogP contribution < -0.4 is 15.8 Å². The summed E-state index contributed by atoms with van der Waals surface area (Å²) in [5, 5.41) is 6.91. The van der Waals surface area contributed by atoms with E-state index in [-0.39, 0.29) is 11.9 Å². The number of ether oxygens (including phenoxy) is 1. The first-order chi connectivity index (χ1) is 7.17. The van der Waals surface area contributed by atoms with Crippen LogP contribution in [0.25, 0.3) is 0 Å². The summed E-state index contributed by atoms with van der Waals surface area (Å²) in [5.41, 5.74) is 5.19. The molecule has 0 radical (unpaired) electrons. The van der Waals surface area contributed by atoms with Gasteiger partial charge in [-0.1, -0.05) is 0 Å². The Bertz CT molecular complexity index is 324. The van der Waals surface area contributed by atoms with E-state index in [4.69, 9.17) is 10.5 Å². The Hall–Kier alpha value is -1.56. The van der Waals surface area contributed by atoms with E-state index in [2.05, 4.69) is 10.4 Å². The van der Waals surface area contributed by atoms with Crippen molar-refractivity contribution in [2.24, 2.45) is 5.73 Å². The number of hydrogen-bond donors (Lipinski definition) is 2. The molecule has 15 heavy (non-hydrogen) atoms. The molecule has 6 heteroatoms. The highest BCUT2D eigenvalue weighted by atomic mass is 16.5. The van der Waals surface area contributed by atoms with Gasteiger partial charge in [-0.25, -0.2) is 0 Å². The van der Waals surface area contributed by atoms with Crippen LogP contribution in [0.4, 0.5) is 0 Å². The van der Waals surface area contributed by atoms with Crippen molar-refractivity contribution < 1.29 is 9.53 Å². The molecule has 3 N–H and O–H groups in total. The third kappa shape index (κ3) is 3.25. The molecule has 0 spiro atoms. The van der Waals surface area contributed by atoms with Gasteiger partial charge in [0.05, 0.1) is 25.5 Å². The molecule has 0 saturated carbocycles. The number of methoxy groups -OCH3 is 1. The largest absolute Gasteiger partial charge is 0.493 e. The van der Waals surface area contributed by atoms with Gasteiger partial charge >= 0.3 is 0 Å². The fourth-order valence-corrected chi connectivity index (χ4v) is 1.26. The van der Waals surface area contributed by atoms with E-state index in [1.165, 1.54) is 0 Å². The van der Waals surface area contributed by atoms with Crippen LogP contribution in [0.5, 0.6) is 5.75 Å². The molecule has 1 heterocycles. The van der Waals surface area contributed by atoms with Gasteiger partial charge in [0.1, 0.15) is 0 Å². The molecule has 0 fully saturated rings. The molecular formula is C9H16N4O2. The summed E-state index contributed by atoms with van der Waals surface area (Å²) in [6.07, 6.45) is 4.00. The highest BCUT2D eigenvalue weighted by Crippen LogP contribution is 2.07. The number of primary amides is 1. The van der Waals surface area contributed by atoms with E-state index in [1.54, 1.807) is 31.2 Å². The lowest BCUT2D eigenvalue weighted by Crippen LogP contribution is -2.39. The Balaban J connectivity index is 2.45. The Morgan fingerprint density at radius 2 is 2.53 bits per heavy atom. The molecular weight excluding hydrogens is 196 g/mol. The predicted octanol–water partition coefficient (Wildman–Crippen LogP) is -0.645. The molecule has 0 saturated heterocycles. The Morgan fingerprint density at radius 1 is 1.80 bits per heavy atom. The molecule has 1 amide bonds. The Labute approximate surface area is 88.4 Å². The van der Waals surface area contributed by atoms with Crippen molar-refractivity contribution >= 4 is 5.91 Å². The summed E-state index contributed by atoms with van der Waals surface area (Å²) >= 11 is 0. The number of aromatic nitrogens is 2. The quantitative estimate of drug-likeness (QED) is 0.657. The monoisotopic (exact) mass is 212 g/mol. The lowest BCUT2D eigenvalue weighted by molar-refractivity contribution is -0.120. The predicted molar refractivity (Wildman–Crippen MR) is 55.4 cm³/mol. The Kier molecular flexibility index (Phi) is 4.11. The van der Waals surface area contributed by atoms with Gasteiger partial charge in [-0.15, -0.1) is 0 Å². The third-order valence-electron chi connectivity index (χ3n) is 2.18. The number of carbonyl (C=O) groups is 1. The molecule has 0 aliphatic carbocycles. The minimum absolute atomic E-state index is 0.319. The molecule has 1 aromatic heterocycles. The van der Waals surface area contributed by atoms with Gasteiger partial charge in [0.2, 0.25) is 5.91 Å². The summed E-state index contributed by atoms with van der Waals surface area (Å²) < 4.78 is 6.70. The lowest BCUT2D eigenvalue weighted by atomic mass is 10.2. The number of carbonyl (C=O) groups excluding carboxylic acids is 1. The maximum atomic E-state index is 10.9. The van der Waals surface area contributed by atoms with Crippen LogP contribution in [0.1, 0.15) is 6.42 Å². The van der Waals surface area contributed by atoms with Crippen molar-refractivity contribution in [3.05, 3.63) is 12.4 Å². The molecule has 1 rings (SSSR count). The standard InChI is InChI=1S/C9H16N4O2/c1-11-8(9(10)14)3-4-13-6-7(15-2)5-12-13/h5-6,8,11H,3-4H2,1-2H3,(H2,10,14). The molecule has 1 unspecified atom stereocenters. The molecule has 1 atom stereocenters. The van der Waals surface area contributed by atoms with Gasteiger partial charge in [0, 0.05) is 6.54 Å². The summed E-state index contributed by atoms with van der Waals surface area (Å²) in [4.78, 5) is 10.9. The number of nitrogens with zero attached hydrogens (tertiary/aromatic N) is 2. The number of hydrogen-bond acceptors (Lipinski definition) is 4. The number of nitrogens with two attached hydrogens (primary N) is 1. The average molecular weight is 212 g/mol. The minimum atomic E-state index is -0.350. The van der Waals surface area contributed by atoms with Crippen LogP contribution in [0.3, 0.4) is 0 Å². The van der Waals surface area contributed by atoms with Crippen LogP contribution in [-0.4, -0.2) is 35.9 Å². The van der Waals surface area contributed by atoms with Crippen LogP contribution >= 0.6 is 0 Å². The smallest absolute Gasteiger partial charge is 0.234 e. The number of nitrogens with one attached hydrogen (secondary N) is 1. The number of likely N-dealkylation sites (N-methyl/N-ethyl adjacent to an activating group) is 1. The first-order valence-electron chi connectivity index (χ1n) is 4.70. The van der Waals surface area contributed by atoms with Gasteiger partial charge in [-0.05, 0) is 13.5 Å². The highest BCUT2D eigenvalue weighted by molar-refractivity contribution is 5.79. The van der Waals surface area contributed by atoms with Gasteiger partial charge in [-0.2, -0.15) is 5.10 Å². The molecule has 0 aliphatic heterocycles. The SMILES string of the molecule is CNC(CCn1cc(OC)cn1)C(N)=O. The van der Waals surface area contributed by atoms with E-state index >= 15 is 0 Å². The summed E-state index contributed by atoms with van der Waals surface area (Å²) in [5.74, 6) is 0.353.